The minimum Gasteiger partial charge on any atom is -0.504 e. The fourth-order valence-corrected chi connectivity index (χ4v) is 3.15. The number of ether oxygens (including phenoxy) is 2. The molecule has 0 spiro atoms. The van der Waals surface area contributed by atoms with E-state index >= 15 is 0 Å². The third kappa shape index (κ3) is 4.18. The summed E-state index contributed by atoms with van der Waals surface area (Å²) in [7, 11) is 3.10. The molecule has 134 valence electrons. The molecule has 1 saturated heterocycles. The van der Waals surface area contributed by atoms with Gasteiger partial charge in [-0.25, -0.2) is 0 Å². The first-order valence-electron chi connectivity index (χ1n) is 7.84. The van der Waals surface area contributed by atoms with Gasteiger partial charge in [0.2, 0.25) is 0 Å². The van der Waals surface area contributed by atoms with Gasteiger partial charge in [0, 0.05) is 0 Å². The zero-order valence-corrected chi connectivity index (χ0v) is 15.2. The third-order valence-electron chi connectivity index (χ3n) is 3.72. The Balaban J connectivity index is 1.71. The van der Waals surface area contributed by atoms with Crippen molar-refractivity contribution < 1.29 is 19.4 Å². The molecule has 2 aromatic rings. The molecule has 2 aromatic carbocycles. The van der Waals surface area contributed by atoms with Gasteiger partial charge in [0.05, 0.1) is 25.7 Å². The highest BCUT2D eigenvalue weighted by atomic mass is 32.2. The lowest BCUT2D eigenvalue weighted by molar-refractivity contribution is -0.115. The van der Waals surface area contributed by atoms with E-state index in [2.05, 4.69) is 10.3 Å². The van der Waals surface area contributed by atoms with Crippen LogP contribution in [0, 0.1) is 0 Å². The van der Waals surface area contributed by atoms with Crippen LogP contribution in [0.25, 0.3) is 6.08 Å². The molecular formula is C19H18N2O4S. The topological polar surface area (TPSA) is 80.2 Å². The van der Waals surface area contributed by atoms with Crippen LogP contribution >= 0.6 is 11.8 Å². The van der Waals surface area contributed by atoms with Gasteiger partial charge >= 0.3 is 0 Å². The van der Waals surface area contributed by atoms with Crippen molar-refractivity contribution in [1.29, 1.82) is 0 Å². The SMILES string of the molecule is COc1ccc(CN=C2NC(=O)/C(=C/c3ccc(O)c(OC)c3)S2)cc1. The lowest BCUT2D eigenvalue weighted by atomic mass is 10.2. The molecule has 1 amide bonds. The maximum atomic E-state index is 12.1. The summed E-state index contributed by atoms with van der Waals surface area (Å²) in [6.07, 6.45) is 1.73. The van der Waals surface area contributed by atoms with E-state index in [1.807, 2.05) is 24.3 Å². The molecule has 0 radical (unpaired) electrons. The number of phenolic OH excluding ortho intramolecular Hbond substituents is 1. The highest BCUT2D eigenvalue weighted by Gasteiger charge is 2.23. The van der Waals surface area contributed by atoms with Crippen LogP contribution < -0.4 is 14.8 Å². The number of carbonyl (C=O) groups is 1. The van der Waals surface area contributed by atoms with Crippen molar-refractivity contribution in [2.45, 2.75) is 6.54 Å². The number of nitrogens with one attached hydrogen (secondary N) is 1. The number of amides is 1. The van der Waals surface area contributed by atoms with Crippen LogP contribution in [-0.2, 0) is 11.3 Å². The van der Waals surface area contributed by atoms with Gasteiger partial charge in [-0.2, -0.15) is 0 Å². The Morgan fingerprint density at radius 2 is 1.92 bits per heavy atom. The maximum Gasteiger partial charge on any atom is 0.264 e. The number of benzene rings is 2. The van der Waals surface area contributed by atoms with Gasteiger partial charge in [0.25, 0.3) is 5.91 Å². The molecule has 1 fully saturated rings. The van der Waals surface area contributed by atoms with Crippen molar-refractivity contribution in [3.63, 3.8) is 0 Å². The Morgan fingerprint density at radius 1 is 1.15 bits per heavy atom. The van der Waals surface area contributed by atoms with Crippen LogP contribution in [0.1, 0.15) is 11.1 Å². The van der Waals surface area contributed by atoms with E-state index in [0.29, 0.717) is 22.4 Å². The van der Waals surface area contributed by atoms with Crippen LogP contribution in [-0.4, -0.2) is 30.4 Å². The summed E-state index contributed by atoms with van der Waals surface area (Å²) in [5.74, 6) is 1.01. The summed E-state index contributed by atoms with van der Waals surface area (Å²) in [6.45, 7) is 0.465. The van der Waals surface area contributed by atoms with Crippen LogP contribution in [0.5, 0.6) is 17.2 Å². The van der Waals surface area contributed by atoms with Crippen molar-refractivity contribution in [3.05, 3.63) is 58.5 Å². The largest absolute Gasteiger partial charge is 0.504 e. The average molecular weight is 370 g/mol. The molecule has 6 nitrogen and oxygen atoms in total. The number of methoxy groups -OCH3 is 2. The van der Waals surface area contributed by atoms with E-state index < -0.39 is 0 Å². The zero-order valence-electron chi connectivity index (χ0n) is 14.4. The number of carbonyl (C=O) groups excluding carboxylic acids is 1. The van der Waals surface area contributed by atoms with Crippen molar-refractivity contribution in [1.82, 2.24) is 5.32 Å². The fraction of sp³-hybridized carbons (Fsp3) is 0.158. The summed E-state index contributed by atoms with van der Waals surface area (Å²) in [5, 5.41) is 13.0. The zero-order chi connectivity index (χ0) is 18.5. The van der Waals surface area contributed by atoms with Gasteiger partial charge in [0.1, 0.15) is 5.75 Å². The van der Waals surface area contributed by atoms with E-state index in [0.717, 1.165) is 16.9 Å². The Kier molecular flexibility index (Phi) is 5.48. The number of hydrogen-bond acceptors (Lipinski definition) is 6. The van der Waals surface area contributed by atoms with E-state index in [1.54, 1.807) is 25.3 Å². The number of aromatic hydroxyl groups is 1. The van der Waals surface area contributed by atoms with Gasteiger partial charge in [-0.05, 0) is 53.2 Å². The average Bonchev–Trinajstić information content (AvgIpc) is 3.01. The summed E-state index contributed by atoms with van der Waals surface area (Å²) in [6, 6.07) is 12.5. The Bertz CT molecular complexity index is 876. The lowest BCUT2D eigenvalue weighted by Crippen LogP contribution is -2.19. The summed E-state index contributed by atoms with van der Waals surface area (Å²) in [4.78, 5) is 17.1. The molecule has 3 rings (SSSR count). The highest BCUT2D eigenvalue weighted by Crippen LogP contribution is 2.30. The number of nitrogens with zero attached hydrogens (tertiary/aromatic N) is 1. The summed E-state index contributed by atoms with van der Waals surface area (Å²) >= 11 is 1.28. The Hall–Kier alpha value is -2.93. The van der Waals surface area contributed by atoms with E-state index in [1.165, 1.54) is 24.9 Å². The molecule has 0 aromatic heterocycles. The molecule has 0 unspecified atom stereocenters. The number of phenols is 1. The monoisotopic (exact) mass is 370 g/mol. The van der Waals surface area contributed by atoms with E-state index in [9.17, 15) is 9.90 Å². The molecule has 0 bridgehead atoms. The summed E-state index contributed by atoms with van der Waals surface area (Å²) < 4.78 is 10.2. The number of thioether (sulfide) groups is 1. The van der Waals surface area contributed by atoms with E-state index in [4.69, 9.17) is 9.47 Å². The van der Waals surface area contributed by atoms with Crippen molar-refractivity contribution in [2.24, 2.45) is 4.99 Å². The van der Waals surface area contributed by atoms with Crippen LogP contribution in [0.15, 0.2) is 52.4 Å². The third-order valence-corrected chi connectivity index (χ3v) is 4.66. The van der Waals surface area contributed by atoms with Crippen molar-refractivity contribution in [2.75, 3.05) is 14.2 Å². The van der Waals surface area contributed by atoms with Crippen LogP contribution in [0.3, 0.4) is 0 Å². The van der Waals surface area contributed by atoms with Gasteiger partial charge < -0.3 is 19.9 Å². The number of aliphatic imine (C=N–C) groups is 1. The van der Waals surface area contributed by atoms with Gasteiger partial charge in [-0.15, -0.1) is 0 Å². The second-order valence-corrected chi connectivity index (χ2v) is 6.50. The molecule has 1 aliphatic heterocycles. The first-order valence-corrected chi connectivity index (χ1v) is 8.66. The van der Waals surface area contributed by atoms with Crippen LogP contribution in [0.4, 0.5) is 0 Å². The quantitative estimate of drug-likeness (QED) is 0.790. The van der Waals surface area contributed by atoms with Gasteiger partial charge in [-0.1, -0.05) is 18.2 Å². The minimum absolute atomic E-state index is 0.0555. The maximum absolute atomic E-state index is 12.1. The molecule has 1 heterocycles. The number of amidine groups is 1. The molecular weight excluding hydrogens is 352 g/mol. The predicted molar refractivity (Wildman–Crippen MR) is 103 cm³/mol. The van der Waals surface area contributed by atoms with Crippen LogP contribution in [0.2, 0.25) is 0 Å². The molecule has 0 aliphatic carbocycles. The first kappa shape index (κ1) is 17.9. The standard InChI is InChI=1S/C19H18N2O4S/c1-24-14-6-3-12(4-7-14)11-20-19-21-18(23)17(26-19)10-13-5-8-15(22)16(9-13)25-2/h3-10,22H,11H2,1-2H3,(H,20,21,23)/b17-10-. The molecule has 1 aliphatic rings. The molecule has 7 heteroatoms. The van der Waals surface area contributed by atoms with Gasteiger partial charge in [-0.3, -0.25) is 9.79 Å². The van der Waals surface area contributed by atoms with Gasteiger partial charge in [0.15, 0.2) is 16.7 Å². The lowest BCUT2D eigenvalue weighted by Gasteiger charge is -2.03. The minimum atomic E-state index is -0.199. The summed E-state index contributed by atoms with van der Waals surface area (Å²) in [5.41, 5.74) is 1.78. The fourth-order valence-electron chi connectivity index (χ4n) is 2.33. The molecule has 0 saturated carbocycles. The Morgan fingerprint density at radius 3 is 2.62 bits per heavy atom. The molecule has 0 atom stereocenters. The molecule has 26 heavy (non-hydrogen) atoms. The highest BCUT2D eigenvalue weighted by molar-refractivity contribution is 8.18. The van der Waals surface area contributed by atoms with Crippen molar-refractivity contribution >= 4 is 28.9 Å². The normalized spacial score (nSPS) is 16.8. The second kappa shape index (κ2) is 7.97. The Labute approximate surface area is 155 Å². The smallest absolute Gasteiger partial charge is 0.264 e. The van der Waals surface area contributed by atoms with E-state index in [-0.39, 0.29) is 11.7 Å². The second-order valence-electron chi connectivity index (χ2n) is 5.47. The number of hydrogen-bond donors (Lipinski definition) is 2. The molecule has 2 N–H and O–H groups in total. The first-order chi connectivity index (χ1) is 12.6. The van der Waals surface area contributed by atoms with Crippen molar-refractivity contribution in [3.8, 4) is 17.2 Å². The number of rotatable bonds is 5. The predicted octanol–water partition coefficient (Wildman–Crippen LogP) is 3.17.